The molecule has 2 aliphatic heterocycles. The highest BCUT2D eigenvalue weighted by Gasteiger charge is 2.40. The molecule has 0 saturated carbocycles. The number of fused-ring (bicyclic) bond motifs is 2. The van der Waals surface area contributed by atoms with Gasteiger partial charge in [0.25, 0.3) is 0 Å². The van der Waals surface area contributed by atoms with Gasteiger partial charge in [0, 0.05) is 27.2 Å². The van der Waals surface area contributed by atoms with E-state index in [1.165, 1.54) is 12.1 Å². The zero-order valence-electron chi connectivity index (χ0n) is 11.5. The summed E-state index contributed by atoms with van der Waals surface area (Å²) < 4.78 is 26.1. The molecular formula is C16H16FNO2S. The Morgan fingerprint density at radius 3 is 2.52 bits per heavy atom. The molecule has 2 atom stereocenters. The molecule has 3 nitrogen and oxygen atoms in total. The van der Waals surface area contributed by atoms with Gasteiger partial charge >= 0.3 is 0 Å². The molecule has 0 N–H and O–H groups in total. The number of hydrogen-bond acceptors (Lipinski definition) is 3. The van der Waals surface area contributed by atoms with E-state index in [1.807, 2.05) is 6.07 Å². The number of Topliss-reactive ketones (excluding diaryl/α,β-unsaturated/α-hetero) is 1. The molecule has 0 aromatic heterocycles. The monoisotopic (exact) mass is 305 g/mol. The van der Waals surface area contributed by atoms with Crippen molar-refractivity contribution in [2.75, 3.05) is 0 Å². The number of halogens is 1. The second-order valence-corrected chi connectivity index (χ2v) is 7.83. The SMILES string of the molecule is N#Cc1ccc(C(=O)C2CC3CCCC(C2)S3=O)c(F)c1. The van der Waals surface area contributed by atoms with Crippen LogP contribution in [0.4, 0.5) is 4.39 Å². The van der Waals surface area contributed by atoms with Gasteiger partial charge < -0.3 is 0 Å². The number of ketones is 1. The van der Waals surface area contributed by atoms with Crippen LogP contribution in [-0.2, 0) is 10.8 Å². The number of hydrogen-bond donors (Lipinski definition) is 0. The summed E-state index contributed by atoms with van der Waals surface area (Å²) >= 11 is 0. The molecule has 2 saturated heterocycles. The van der Waals surface area contributed by atoms with E-state index in [4.69, 9.17) is 5.26 Å². The first-order chi connectivity index (χ1) is 10.1. The number of carbonyl (C=O) groups excluding carboxylic acids is 1. The van der Waals surface area contributed by atoms with Crippen molar-refractivity contribution >= 4 is 16.6 Å². The van der Waals surface area contributed by atoms with Crippen LogP contribution in [0.1, 0.15) is 48.0 Å². The van der Waals surface area contributed by atoms with Crippen LogP contribution in [-0.4, -0.2) is 20.5 Å². The lowest BCUT2D eigenvalue weighted by molar-refractivity contribution is 0.0891. The van der Waals surface area contributed by atoms with Gasteiger partial charge in [-0.05, 0) is 43.9 Å². The van der Waals surface area contributed by atoms with Crippen LogP contribution in [0.25, 0.3) is 0 Å². The lowest BCUT2D eigenvalue weighted by Crippen LogP contribution is -2.41. The molecule has 2 aliphatic rings. The molecule has 2 unspecified atom stereocenters. The Labute approximate surface area is 125 Å². The Bertz CT molecular complexity index is 636. The van der Waals surface area contributed by atoms with Crippen molar-refractivity contribution in [3.63, 3.8) is 0 Å². The largest absolute Gasteiger partial charge is 0.294 e. The molecule has 0 amide bonds. The maximum absolute atomic E-state index is 14.0. The molecular weight excluding hydrogens is 289 g/mol. The molecule has 3 rings (SSSR count). The highest BCUT2D eigenvalue weighted by molar-refractivity contribution is 7.86. The quantitative estimate of drug-likeness (QED) is 0.789. The smallest absolute Gasteiger partial charge is 0.168 e. The van der Waals surface area contributed by atoms with Gasteiger partial charge in [-0.25, -0.2) is 4.39 Å². The Balaban J connectivity index is 1.83. The minimum Gasteiger partial charge on any atom is -0.294 e. The van der Waals surface area contributed by atoms with Gasteiger partial charge in [-0.3, -0.25) is 9.00 Å². The molecule has 21 heavy (non-hydrogen) atoms. The minimum absolute atomic E-state index is 0.0600. The first-order valence-corrected chi connectivity index (χ1v) is 8.51. The summed E-state index contributed by atoms with van der Waals surface area (Å²) in [4.78, 5) is 12.5. The van der Waals surface area contributed by atoms with E-state index in [-0.39, 0.29) is 33.3 Å². The van der Waals surface area contributed by atoms with Crippen molar-refractivity contribution < 1.29 is 13.4 Å². The Kier molecular flexibility index (Phi) is 3.90. The lowest BCUT2D eigenvalue weighted by Gasteiger charge is -2.37. The van der Waals surface area contributed by atoms with Crippen molar-refractivity contribution in [3.8, 4) is 6.07 Å². The number of carbonyl (C=O) groups is 1. The molecule has 0 spiro atoms. The fraction of sp³-hybridized carbons (Fsp3) is 0.500. The lowest BCUT2D eigenvalue weighted by atomic mass is 9.84. The summed E-state index contributed by atoms with van der Waals surface area (Å²) in [6.07, 6.45) is 4.08. The highest BCUT2D eigenvalue weighted by Crippen LogP contribution is 2.38. The second-order valence-electron chi connectivity index (χ2n) is 5.84. The van der Waals surface area contributed by atoms with Gasteiger partial charge in [0.05, 0.1) is 17.2 Å². The first kappa shape index (κ1) is 14.4. The molecule has 0 aliphatic carbocycles. The predicted molar refractivity (Wildman–Crippen MR) is 77.7 cm³/mol. The highest BCUT2D eigenvalue weighted by atomic mass is 32.2. The minimum atomic E-state index is -0.829. The molecule has 0 radical (unpaired) electrons. The Morgan fingerprint density at radius 1 is 1.29 bits per heavy atom. The number of nitrogens with zero attached hydrogens (tertiary/aromatic N) is 1. The van der Waals surface area contributed by atoms with Crippen LogP contribution in [0.2, 0.25) is 0 Å². The molecule has 1 aromatic rings. The molecule has 5 heteroatoms. The number of nitriles is 1. The van der Waals surface area contributed by atoms with Gasteiger partial charge in [-0.2, -0.15) is 5.26 Å². The van der Waals surface area contributed by atoms with Crippen molar-refractivity contribution in [2.24, 2.45) is 5.92 Å². The van der Waals surface area contributed by atoms with Crippen LogP contribution in [0, 0.1) is 23.1 Å². The maximum Gasteiger partial charge on any atom is 0.168 e. The van der Waals surface area contributed by atoms with Crippen molar-refractivity contribution in [3.05, 3.63) is 35.1 Å². The second kappa shape index (κ2) is 5.69. The average Bonchev–Trinajstić information content (AvgIpc) is 2.46. The fourth-order valence-electron chi connectivity index (χ4n) is 3.45. The third-order valence-corrected chi connectivity index (χ3v) is 6.71. The van der Waals surface area contributed by atoms with Crippen molar-refractivity contribution in [2.45, 2.75) is 42.6 Å². The van der Waals surface area contributed by atoms with Gasteiger partial charge in [-0.15, -0.1) is 0 Å². The number of benzene rings is 1. The molecule has 2 fully saturated rings. The molecule has 110 valence electrons. The molecule has 1 aromatic carbocycles. The maximum atomic E-state index is 14.0. The summed E-state index contributed by atoms with van der Waals surface area (Å²) in [6.45, 7) is 0. The van der Waals surface area contributed by atoms with Crippen LogP contribution in [0.3, 0.4) is 0 Å². The molecule has 2 heterocycles. The van der Waals surface area contributed by atoms with Crippen LogP contribution < -0.4 is 0 Å². The van der Waals surface area contributed by atoms with E-state index in [1.54, 1.807) is 0 Å². The zero-order chi connectivity index (χ0) is 15.0. The third-order valence-electron chi connectivity index (χ3n) is 4.54. The summed E-state index contributed by atoms with van der Waals surface area (Å²) in [5, 5.41) is 8.92. The van der Waals surface area contributed by atoms with Crippen LogP contribution in [0.15, 0.2) is 18.2 Å². The number of rotatable bonds is 2. The van der Waals surface area contributed by atoms with Gasteiger partial charge in [0.1, 0.15) is 5.82 Å². The zero-order valence-corrected chi connectivity index (χ0v) is 12.4. The molecule has 2 bridgehead atoms. The summed E-state index contributed by atoms with van der Waals surface area (Å²) in [5.74, 6) is -1.07. The average molecular weight is 305 g/mol. The summed E-state index contributed by atoms with van der Waals surface area (Å²) in [6, 6.07) is 5.84. The summed E-state index contributed by atoms with van der Waals surface area (Å²) in [5.41, 5.74) is 0.274. The van der Waals surface area contributed by atoms with Crippen LogP contribution in [0.5, 0.6) is 0 Å². The van der Waals surface area contributed by atoms with Gasteiger partial charge in [0.15, 0.2) is 5.78 Å². The Hall–Kier alpha value is -1.54. The topological polar surface area (TPSA) is 57.9 Å². The normalized spacial score (nSPS) is 31.4. The van der Waals surface area contributed by atoms with Crippen molar-refractivity contribution in [1.29, 1.82) is 5.26 Å². The van der Waals surface area contributed by atoms with Gasteiger partial charge in [-0.1, -0.05) is 6.42 Å². The predicted octanol–water partition coefficient (Wildman–Crippen LogP) is 2.96. The standard InChI is InChI=1S/C16H16FNO2S/c17-15-6-10(9-18)4-5-14(15)16(19)11-7-12-2-1-3-13(8-11)21(12)20/h4-6,11-13H,1-3,7-8H2. The van der Waals surface area contributed by atoms with Gasteiger partial charge in [0.2, 0.25) is 0 Å². The van der Waals surface area contributed by atoms with Crippen molar-refractivity contribution in [1.82, 2.24) is 0 Å². The van der Waals surface area contributed by atoms with E-state index in [9.17, 15) is 13.4 Å². The fourth-order valence-corrected chi connectivity index (χ4v) is 5.64. The first-order valence-electron chi connectivity index (χ1n) is 7.23. The van der Waals surface area contributed by atoms with E-state index >= 15 is 0 Å². The van der Waals surface area contributed by atoms with E-state index < -0.39 is 16.6 Å². The Morgan fingerprint density at radius 2 is 1.95 bits per heavy atom. The third kappa shape index (κ3) is 2.65. The van der Waals surface area contributed by atoms with E-state index in [0.717, 1.165) is 25.3 Å². The van der Waals surface area contributed by atoms with Crippen LogP contribution >= 0.6 is 0 Å². The van der Waals surface area contributed by atoms with E-state index in [0.29, 0.717) is 12.8 Å². The van der Waals surface area contributed by atoms with E-state index in [2.05, 4.69) is 0 Å². The summed E-state index contributed by atoms with van der Waals surface area (Å²) in [7, 11) is -0.829.